The number of pyridine rings is 1. The minimum Gasteiger partial charge on any atom is -0.382 e. The number of fused-ring (bicyclic) bond motifs is 1. The van der Waals surface area contributed by atoms with Crippen LogP contribution in [-0.2, 0) is 0 Å². The van der Waals surface area contributed by atoms with E-state index in [1.165, 1.54) is 43.5 Å². The van der Waals surface area contributed by atoms with Crippen LogP contribution in [0, 0.1) is 0 Å². The molecule has 1 N–H and O–H groups in total. The molecular formula is C18H26N4. The number of para-hydroxylation sites is 1. The van der Waals surface area contributed by atoms with E-state index in [2.05, 4.69) is 58.5 Å². The Kier molecular flexibility index (Phi) is 4.90. The third-order valence-corrected chi connectivity index (χ3v) is 4.46. The molecule has 0 amide bonds. The fourth-order valence-electron chi connectivity index (χ4n) is 3.08. The number of hydrogen-bond acceptors (Lipinski definition) is 4. The molecular weight excluding hydrogens is 272 g/mol. The average molecular weight is 298 g/mol. The van der Waals surface area contributed by atoms with Gasteiger partial charge in [0.25, 0.3) is 0 Å². The summed E-state index contributed by atoms with van der Waals surface area (Å²) in [6.45, 7) is 4.70. The Balaban J connectivity index is 1.58. The van der Waals surface area contributed by atoms with Gasteiger partial charge in [-0.15, -0.1) is 0 Å². The van der Waals surface area contributed by atoms with Gasteiger partial charge in [-0.05, 0) is 39.1 Å². The van der Waals surface area contributed by atoms with Crippen molar-refractivity contribution in [3.05, 3.63) is 36.5 Å². The van der Waals surface area contributed by atoms with Crippen LogP contribution in [0.3, 0.4) is 0 Å². The van der Waals surface area contributed by atoms with Crippen LogP contribution in [0.15, 0.2) is 36.5 Å². The van der Waals surface area contributed by atoms with Crippen LogP contribution in [0.1, 0.15) is 12.8 Å². The maximum Gasteiger partial charge on any atom is 0.0722 e. The Morgan fingerprint density at radius 2 is 1.95 bits per heavy atom. The van der Waals surface area contributed by atoms with E-state index >= 15 is 0 Å². The van der Waals surface area contributed by atoms with Gasteiger partial charge in [-0.2, -0.15) is 0 Å². The second-order valence-electron chi connectivity index (χ2n) is 6.44. The molecule has 1 fully saturated rings. The number of nitrogens with one attached hydrogen (secondary N) is 1. The number of hydrogen-bond donors (Lipinski definition) is 1. The summed E-state index contributed by atoms with van der Waals surface area (Å²) < 4.78 is 0. The van der Waals surface area contributed by atoms with Crippen molar-refractivity contribution in [3.8, 4) is 0 Å². The molecule has 1 aromatic carbocycles. The van der Waals surface area contributed by atoms with Crippen LogP contribution in [0.25, 0.3) is 10.9 Å². The molecule has 0 spiro atoms. The van der Waals surface area contributed by atoms with E-state index in [1.807, 2.05) is 12.3 Å². The molecule has 1 aliphatic rings. The zero-order valence-corrected chi connectivity index (χ0v) is 13.6. The number of piperidine rings is 1. The first-order valence-electron chi connectivity index (χ1n) is 8.20. The van der Waals surface area contributed by atoms with Crippen molar-refractivity contribution >= 4 is 16.6 Å². The first kappa shape index (κ1) is 15.3. The zero-order chi connectivity index (χ0) is 15.4. The van der Waals surface area contributed by atoms with E-state index in [0.717, 1.165) is 12.1 Å². The molecule has 2 heterocycles. The van der Waals surface area contributed by atoms with Crippen molar-refractivity contribution in [1.29, 1.82) is 0 Å². The zero-order valence-electron chi connectivity index (χ0n) is 13.6. The average Bonchev–Trinajstić information content (AvgIpc) is 2.54. The smallest absolute Gasteiger partial charge is 0.0722 e. The standard InChI is InChI=1S/C18H26N4/c1-21(2)13-14-22-11-8-15(9-12-22)20-18-7-10-19-17-6-4-3-5-16(17)18/h3-7,10,15H,8-9,11-14H2,1-2H3,(H,19,20). The molecule has 0 saturated carbocycles. The van der Waals surface area contributed by atoms with E-state index < -0.39 is 0 Å². The lowest BCUT2D eigenvalue weighted by Crippen LogP contribution is -2.41. The Labute approximate surface area is 133 Å². The first-order chi connectivity index (χ1) is 10.7. The summed E-state index contributed by atoms with van der Waals surface area (Å²) >= 11 is 0. The lowest BCUT2D eigenvalue weighted by Gasteiger charge is -2.33. The van der Waals surface area contributed by atoms with Crippen LogP contribution in [-0.4, -0.2) is 61.1 Å². The summed E-state index contributed by atoms with van der Waals surface area (Å²) in [7, 11) is 4.28. The van der Waals surface area contributed by atoms with Crippen molar-refractivity contribution in [3.63, 3.8) is 0 Å². The lowest BCUT2D eigenvalue weighted by molar-refractivity contribution is 0.199. The molecule has 2 aromatic rings. The predicted octanol–water partition coefficient (Wildman–Crippen LogP) is 2.67. The molecule has 0 atom stereocenters. The van der Waals surface area contributed by atoms with Gasteiger partial charge in [0.1, 0.15) is 0 Å². The number of benzene rings is 1. The van der Waals surface area contributed by atoms with Gasteiger partial charge in [0.15, 0.2) is 0 Å². The topological polar surface area (TPSA) is 31.4 Å². The summed E-state index contributed by atoms with van der Waals surface area (Å²) in [4.78, 5) is 9.26. The van der Waals surface area contributed by atoms with Gasteiger partial charge < -0.3 is 15.1 Å². The minimum absolute atomic E-state index is 0.571. The van der Waals surface area contributed by atoms with Crippen molar-refractivity contribution < 1.29 is 0 Å². The molecule has 0 radical (unpaired) electrons. The summed E-state index contributed by atoms with van der Waals surface area (Å²) in [5.41, 5.74) is 2.29. The van der Waals surface area contributed by atoms with Gasteiger partial charge in [0.2, 0.25) is 0 Å². The number of rotatable bonds is 5. The van der Waals surface area contributed by atoms with E-state index in [-0.39, 0.29) is 0 Å². The largest absolute Gasteiger partial charge is 0.382 e. The highest BCUT2D eigenvalue weighted by molar-refractivity contribution is 5.90. The Bertz CT molecular complexity index is 598. The molecule has 0 bridgehead atoms. The summed E-state index contributed by atoms with van der Waals surface area (Å²) in [6, 6.07) is 11.0. The number of likely N-dealkylation sites (tertiary alicyclic amines) is 1. The van der Waals surface area contributed by atoms with E-state index in [1.54, 1.807) is 0 Å². The monoisotopic (exact) mass is 298 g/mol. The van der Waals surface area contributed by atoms with Gasteiger partial charge >= 0.3 is 0 Å². The third-order valence-electron chi connectivity index (χ3n) is 4.46. The molecule has 1 aromatic heterocycles. The van der Waals surface area contributed by atoms with Gasteiger partial charge in [-0.3, -0.25) is 4.98 Å². The second-order valence-corrected chi connectivity index (χ2v) is 6.44. The van der Waals surface area contributed by atoms with Gasteiger partial charge in [-0.1, -0.05) is 18.2 Å². The van der Waals surface area contributed by atoms with Crippen LogP contribution in [0.2, 0.25) is 0 Å². The quantitative estimate of drug-likeness (QED) is 0.919. The molecule has 118 valence electrons. The van der Waals surface area contributed by atoms with Crippen LogP contribution < -0.4 is 5.32 Å². The molecule has 4 heteroatoms. The molecule has 0 unspecified atom stereocenters. The number of nitrogens with zero attached hydrogens (tertiary/aromatic N) is 3. The molecule has 1 aliphatic heterocycles. The Morgan fingerprint density at radius 1 is 1.18 bits per heavy atom. The molecule has 22 heavy (non-hydrogen) atoms. The maximum atomic E-state index is 4.43. The summed E-state index contributed by atoms with van der Waals surface area (Å²) in [6.07, 6.45) is 4.32. The molecule has 4 nitrogen and oxygen atoms in total. The molecule has 0 aliphatic carbocycles. The normalized spacial score (nSPS) is 17.2. The highest BCUT2D eigenvalue weighted by Gasteiger charge is 2.19. The predicted molar refractivity (Wildman–Crippen MR) is 93.4 cm³/mol. The fourth-order valence-corrected chi connectivity index (χ4v) is 3.08. The van der Waals surface area contributed by atoms with Gasteiger partial charge in [-0.25, -0.2) is 0 Å². The van der Waals surface area contributed by atoms with Crippen LogP contribution >= 0.6 is 0 Å². The van der Waals surface area contributed by atoms with Crippen molar-refractivity contribution in [2.75, 3.05) is 45.6 Å². The van der Waals surface area contributed by atoms with E-state index in [0.29, 0.717) is 6.04 Å². The summed E-state index contributed by atoms with van der Waals surface area (Å²) in [5.74, 6) is 0. The van der Waals surface area contributed by atoms with Gasteiger partial charge in [0.05, 0.1) is 5.52 Å². The highest BCUT2D eigenvalue weighted by atomic mass is 15.2. The van der Waals surface area contributed by atoms with Crippen molar-refractivity contribution in [1.82, 2.24) is 14.8 Å². The maximum absolute atomic E-state index is 4.43. The van der Waals surface area contributed by atoms with Crippen LogP contribution in [0.5, 0.6) is 0 Å². The highest BCUT2D eigenvalue weighted by Crippen LogP contribution is 2.24. The first-order valence-corrected chi connectivity index (χ1v) is 8.20. The van der Waals surface area contributed by atoms with E-state index in [9.17, 15) is 0 Å². The Hall–Kier alpha value is -1.65. The Morgan fingerprint density at radius 3 is 2.73 bits per heavy atom. The summed E-state index contributed by atoms with van der Waals surface area (Å²) in [5, 5.41) is 4.95. The minimum atomic E-state index is 0.571. The molecule has 1 saturated heterocycles. The number of aromatic nitrogens is 1. The van der Waals surface area contributed by atoms with Crippen molar-refractivity contribution in [2.24, 2.45) is 0 Å². The fraction of sp³-hybridized carbons (Fsp3) is 0.500. The lowest BCUT2D eigenvalue weighted by atomic mass is 10.0. The number of anilines is 1. The SMILES string of the molecule is CN(C)CCN1CCC(Nc2ccnc3ccccc23)CC1. The van der Waals surface area contributed by atoms with E-state index in [4.69, 9.17) is 0 Å². The second kappa shape index (κ2) is 7.07. The number of likely N-dealkylation sites (N-methyl/N-ethyl adjacent to an activating group) is 1. The van der Waals surface area contributed by atoms with Gasteiger partial charge in [0, 0.05) is 49.5 Å². The van der Waals surface area contributed by atoms with Crippen LogP contribution in [0.4, 0.5) is 5.69 Å². The molecule has 3 rings (SSSR count). The third kappa shape index (κ3) is 3.76. The van der Waals surface area contributed by atoms with Crippen molar-refractivity contribution in [2.45, 2.75) is 18.9 Å².